The first-order chi connectivity index (χ1) is 17.5. The number of hydrogen-bond acceptors (Lipinski definition) is 5. The smallest absolute Gasteiger partial charge is 0.416 e. The summed E-state index contributed by atoms with van der Waals surface area (Å²) in [5, 5.41) is 0. The van der Waals surface area contributed by atoms with Crippen molar-refractivity contribution >= 4 is 34.0 Å². The summed E-state index contributed by atoms with van der Waals surface area (Å²) in [6, 6.07) is 13.7. The van der Waals surface area contributed by atoms with Gasteiger partial charge in [0.2, 0.25) is 5.91 Å². The Bertz CT molecular complexity index is 1130. The molecule has 198 valence electrons. The Morgan fingerprint density at radius 1 is 1.16 bits per heavy atom. The van der Waals surface area contributed by atoms with Gasteiger partial charge in [-0.15, -0.1) is 0 Å². The molecule has 0 N–H and O–H groups in total. The number of halogens is 2. The maximum Gasteiger partial charge on any atom is 0.416 e. The van der Waals surface area contributed by atoms with E-state index in [0.29, 0.717) is 36.0 Å². The van der Waals surface area contributed by atoms with E-state index in [2.05, 4.69) is 15.9 Å². The summed E-state index contributed by atoms with van der Waals surface area (Å²) in [4.78, 5) is 42.3. The molecule has 0 aromatic heterocycles. The van der Waals surface area contributed by atoms with Crippen molar-refractivity contribution in [1.29, 1.82) is 0 Å². The van der Waals surface area contributed by atoms with Crippen LogP contribution in [0.1, 0.15) is 38.3 Å². The minimum Gasteiger partial charge on any atom is -0.447 e. The average Bonchev–Trinajstić information content (AvgIpc) is 3.43. The number of ether oxygens (including phenoxy) is 2. The molecule has 0 aliphatic carbocycles. The summed E-state index contributed by atoms with van der Waals surface area (Å²) in [6.07, 6.45) is 0.170. The monoisotopic (exact) mass is 574 g/mol. The number of cyclic esters (lactones) is 1. The third-order valence-corrected chi connectivity index (χ3v) is 7.11. The molecule has 9 heteroatoms. The van der Waals surface area contributed by atoms with Crippen molar-refractivity contribution in [3.05, 3.63) is 69.9 Å². The highest BCUT2D eigenvalue weighted by Crippen LogP contribution is 2.33. The number of carbonyl (C=O) groups is 3. The first-order valence-electron chi connectivity index (χ1n) is 12.5. The Kier molecular flexibility index (Phi) is 8.21. The highest BCUT2D eigenvalue weighted by Gasteiger charge is 2.45. The van der Waals surface area contributed by atoms with Crippen LogP contribution in [0.3, 0.4) is 0 Å². The Hall–Kier alpha value is -2.94. The van der Waals surface area contributed by atoms with Gasteiger partial charge in [-0.3, -0.25) is 4.79 Å². The SMILES string of the molecule is CC(C)(C)OC(=O)N1CC[C@H]([C@H](Cc2cc(F)cc(Br)c2)C(=O)N2C(=O)OC[C@@H]2Cc2ccccc2)C1. The molecule has 4 rings (SSSR count). The maximum absolute atomic E-state index is 14.2. The van der Waals surface area contributed by atoms with E-state index in [9.17, 15) is 18.8 Å². The van der Waals surface area contributed by atoms with Crippen LogP contribution < -0.4 is 0 Å². The van der Waals surface area contributed by atoms with E-state index < -0.39 is 35.6 Å². The van der Waals surface area contributed by atoms with Gasteiger partial charge in [-0.2, -0.15) is 0 Å². The van der Waals surface area contributed by atoms with E-state index in [-0.39, 0.29) is 24.9 Å². The van der Waals surface area contributed by atoms with Crippen molar-refractivity contribution in [3.63, 3.8) is 0 Å². The van der Waals surface area contributed by atoms with Crippen molar-refractivity contribution in [3.8, 4) is 0 Å². The number of imide groups is 1. The first-order valence-corrected chi connectivity index (χ1v) is 13.3. The number of nitrogens with zero attached hydrogens (tertiary/aromatic N) is 2. The van der Waals surface area contributed by atoms with Gasteiger partial charge in [0.1, 0.15) is 18.0 Å². The van der Waals surface area contributed by atoms with Crippen molar-refractivity contribution < 1.29 is 28.2 Å². The number of benzene rings is 2. The lowest BCUT2D eigenvalue weighted by Gasteiger charge is -2.29. The topological polar surface area (TPSA) is 76.2 Å². The zero-order valence-corrected chi connectivity index (χ0v) is 22.9. The fraction of sp³-hybridized carbons (Fsp3) is 0.464. The summed E-state index contributed by atoms with van der Waals surface area (Å²) in [6.45, 7) is 6.28. The minimum atomic E-state index is -0.668. The van der Waals surface area contributed by atoms with Crippen LogP contribution in [0.25, 0.3) is 0 Å². The quantitative estimate of drug-likeness (QED) is 0.449. The predicted octanol–water partition coefficient (Wildman–Crippen LogP) is 5.59. The number of amides is 3. The van der Waals surface area contributed by atoms with E-state index in [4.69, 9.17) is 9.47 Å². The Morgan fingerprint density at radius 2 is 1.89 bits per heavy atom. The van der Waals surface area contributed by atoms with Gasteiger partial charge in [-0.25, -0.2) is 18.9 Å². The van der Waals surface area contributed by atoms with Crippen LogP contribution >= 0.6 is 15.9 Å². The second-order valence-corrected chi connectivity index (χ2v) is 11.6. The molecule has 0 unspecified atom stereocenters. The highest BCUT2D eigenvalue weighted by molar-refractivity contribution is 9.10. The molecule has 7 nitrogen and oxygen atoms in total. The van der Waals surface area contributed by atoms with Crippen LogP contribution in [0, 0.1) is 17.7 Å². The van der Waals surface area contributed by atoms with E-state index in [1.165, 1.54) is 17.0 Å². The van der Waals surface area contributed by atoms with Crippen molar-refractivity contribution in [1.82, 2.24) is 9.80 Å². The Labute approximate surface area is 225 Å². The van der Waals surface area contributed by atoms with Crippen LogP contribution in [0.15, 0.2) is 53.0 Å². The van der Waals surface area contributed by atoms with Crippen LogP contribution in [-0.4, -0.2) is 59.2 Å². The van der Waals surface area contributed by atoms with Crippen molar-refractivity contribution in [2.24, 2.45) is 11.8 Å². The average molecular weight is 575 g/mol. The summed E-state index contributed by atoms with van der Waals surface area (Å²) in [5.74, 6) is -1.65. The molecule has 0 radical (unpaired) electrons. The van der Waals surface area contributed by atoms with E-state index in [1.807, 2.05) is 30.3 Å². The molecule has 2 heterocycles. The van der Waals surface area contributed by atoms with Gasteiger partial charge in [-0.05, 0) is 75.3 Å². The van der Waals surface area contributed by atoms with Crippen molar-refractivity contribution in [2.45, 2.75) is 51.7 Å². The largest absolute Gasteiger partial charge is 0.447 e. The van der Waals surface area contributed by atoms with Gasteiger partial charge < -0.3 is 14.4 Å². The van der Waals surface area contributed by atoms with Crippen molar-refractivity contribution in [2.75, 3.05) is 19.7 Å². The summed E-state index contributed by atoms with van der Waals surface area (Å²) < 4.78 is 25.6. The molecule has 2 fully saturated rings. The lowest BCUT2D eigenvalue weighted by molar-refractivity contribution is -0.135. The van der Waals surface area contributed by atoms with Gasteiger partial charge in [-0.1, -0.05) is 46.3 Å². The van der Waals surface area contributed by atoms with Gasteiger partial charge in [0.25, 0.3) is 0 Å². The number of likely N-dealkylation sites (tertiary alicyclic amines) is 1. The lowest BCUT2D eigenvalue weighted by Crippen LogP contribution is -2.46. The Balaban J connectivity index is 1.59. The second-order valence-electron chi connectivity index (χ2n) is 10.7. The molecular formula is C28H32BrFN2O5. The zero-order valence-electron chi connectivity index (χ0n) is 21.3. The predicted molar refractivity (Wildman–Crippen MR) is 139 cm³/mol. The molecule has 3 amide bonds. The first kappa shape index (κ1) is 27.1. The number of hydrogen-bond donors (Lipinski definition) is 0. The summed E-state index contributed by atoms with van der Waals surface area (Å²) in [7, 11) is 0. The fourth-order valence-corrected chi connectivity index (χ4v) is 5.50. The van der Waals surface area contributed by atoms with Gasteiger partial charge in [0.05, 0.1) is 6.04 Å². The van der Waals surface area contributed by atoms with Gasteiger partial charge in [0, 0.05) is 23.5 Å². The molecule has 2 aromatic rings. The van der Waals surface area contributed by atoms with E-state index in [1.54, 1.807) is 31.7 Å². The highest BCUT2D eigenvalue weighted by atomic mass is 79.9. The lowest BCUT2D eigenvalue weighted by atomic mass is 9.84. The standard InChI is InChI=1S/C28H32BrFN2O5/c1-28(2,3)37-26(34)31-10-9-20(16-31)24(14-19-11-21(29)15-22(30)12-19)25(33)32-23(17-36-27(32)35)13-18-7-5-4-6-8-18/h4-8,11-12,15,20,23-24H,9-10,13-14,16-17H2,1-3H3/t20-,23-,24-/m0/s1. The molecule has 37 heavy (non-hydrogen) atoms. The van der Waals surface area contributed by atoms with Crippen LogP contribution in [-0.2, 0) is 27.1 Å². The molecule has 2 aliphatic heterocycles. The minimum absolute atomic E-state index is 0.117. The van der Waals surface area contributed by atoms with Crippen LogP contribution in [0.4, 0.5) is 14.0 Å². The molecule has 0 spiro atoms. The van der Waals surface area contributed by atoms with Gasteiger partial charge in [0.15, 0.2) is 0 Å². The molecule has 0 bridgehead atoms. The normalized spacial score (nSPS) is 20.6. The molecule has 0 saturated carbocycles. The van der Waals surface area contributed by atoms with Crippen LogP contribution in [0.5, 0.6) is 0 Å². The van der Waals surface area contributed by atoms with Gasteiger partial charge >= 0.3 is 12.2 Å². The molecule has 3 atom stereocenters. The summed E-state index contributed by atoms with van der Waals surface area (Å²) >= 11 is 3.32. The molecule has 2 saturated heterocycles. The number of rotatable bonds is 6. The van der Waals surface area contributed by atoms with E-state index >= 15 is 0 Å². The molecular weight excluding hydrogens is 543 g/mol. The molecule has 2 aliphatic rings. The third-order valence-electron chi connectivity index (χ3n) is 6.65. The zero-order chi connectivity index (χ0) is 26.7. The van der Waals surface area contributed by atoms with E-state index in [0.717, 1.165) is 5.56 Å². The Morgan fingerprint density at radius 3 is 2.57 bits per heavy atom. The third kappa shape index (κ3) is 6.89. The maximum atomic E-state index is 14.2. The second kappa shape index (κ2) is 11.2. The molecule has 2 aromatic carbocycles. The van der Waals surface area contributed by atoms with Crippen LogP contribution in [0.2, 0.25) is 0 Å². The fourth-order valence-electron chi connectivity index (χ4n) is 4.99. The summed E-state index contributed by atoms with van der Waals surface area (Å²) in [5.41, 5.74) is 0.988. The number of carbonyl (C=O) groups excluding carboxylic acids is 3.